The van der Waals surface area contributed by atoms with Crippen LogP contribution < -0.4 is 10.1 Å². The van der Waals surface area contributed by atoms with E-state index in [0.29, 0.717) is 18.7 Å². The van der Waals surface area contributed by atoms with Gasteiger partial charge in [0.15, 0.2) is 0 Å². The van der Waals surface area contributed by atoms with Crippen LogP contribution in [0.2, 0.25) is 0 Å². The number of carbonyl (C=O) groups is 1. The van der Waals surface area contributed by atoms with Crippen molar-refractivity contribution in [1.82, 2.24) is 9.78 Å². The number of aromatic nitrogens is 2. The Labute approximate surface area is 159 Å². The van der Waals surface area contributed by atoms with Gasteiger partial charge in [0.1, 0.15) is 12.4 Å². The molecule has 0 atom stereocenters. The van der Waals surface area contributed by atoms with Crippen LogP contribution in [-0.2, 0) is 6.54 Å². The Morgan fingerprint density at radius 3 is 2.44 bits per heavy atom. The maximum Gasteiger partial charge on any atom is 0.255 e. The van der Waals surface area contributed by atoms with Crippen LogP contribution in [0.4, 0.5) is 5.69 Å². The van der Waals surface area contributed by atoms with Crippen molar-refractivity contribution in [2.75, 3.05) is 11.9 Å². The van der Waals surface area contributed by atoms with Gasteiger partial charge in [-0.15, -0.1) is 0 Å². The quantitative estimate of drug-likeness (QED) is 0.636. The van der Waals surface area contributed by atoms with Gasteiger partial charge < -0.3 is 10.1 Å². The maximum atomic E-state index is 12.4. The molecule has 27 heavy (non-hydrogen) atoms. The minimum absolute atomic E-state index is 0.146. The molecule has 0 fully saturated rings. The normalized spacial score (nSPS) is 10.4. The van der Waals surface area contributed by atoms with E-state index in [2.05, 4.69) is 23.1 Å². The van der Waals surface area contributed by atoms with Crippen molar-refractivity contribution in [3.63, 3.8) is 0 Å². The first-order valence-corrected chi connectivity index (χ1v) is 8.80. The molecule has 0 aliphatic rings. The summed E-state index contributed by atoms with van der Waals surface area (Å²) in [5.41, 5.74) is 4.55. The minimum atomic E-state index is -0.146. The number of nitrogens with one attached hydrogen (secondary N) is 1. The van der Waals surface area contributed by atoms with E-state index in [0.717, 1.165) is 28.4 Å². The van der Waals surface area contributed by atoms with Crippen LogP contribution in [0.3, 0.4) is 0 Å². The number of aryl methyl sites for hydroxylation is 2. The van der Waals surface area contributed by atoms with Gasteiger partial charge >= 0.3 is 0 Å². The van der Waals surface area contributed by atoms with Crippen LogP contribution in [-0.4, -0.2) is 22.3 Å². The van der Waals surface area contributed by atoms with E-state index in [9.17, 15) is 4.79 Å². The lowest BCUT2D eigenvalue weighted by Crippen LogP contribution is -2.12. The highest BCUT2D eigenvalue weighted by Crippen LogP contribution is 2.17. The Kier molecular flexibility index (Phi) is 5.71. The molecule has 3 aromatic rings. The first-order valence-electron chi connectivity index (χ1n) is 8.80. The average molecular weight is 361 g/mol. The van der Waals surface area contributed by atoms with E-state index in [1.54, 1.807) is 6.08 Å². The average Bonchev–Trinajstić information content (AvgIpc) is 2.98. The number of benzene rings is 2. The number of rotatable bonds is 7. The third-order valence-corrected chi connectivity index (χ3v) is 4.13. The van der Waals surface area contributed by atoms with Gasteiger partial charge in [0, 0.05) is 16.9 Å². The maximum absolute atomic E-state index is 12.4. The van der Waals surface area contributed by atoms with Crippen molar-refractivity contribution in [2.45, 2.75) is 20.4 Å². The fraction of sp³-hybridized carbons (Fsp3) is 0.182. The van der Waals surface area contributed by atoms with Gasteiger partial charge in [-0.2, -0.15) is 5.10 Å². The molecule has 0 aliphatic carbocycles. The van der Waals surface area contributed by atoms with Crippen molar-refractivity contribution in [3.8, 4) is 5.75 Å². The van der Waals surface area contributed by atoms with Gasteiger partial charge in [0.2, 0.25) is 0 Å². The first kappa shape index (κ1) is 18.5. The molecule has 0 radical (unpaired) electrons. The number of nitrogens with zero attached hydrogens (tertiary/aromatic N) is 2. The minimum Gasteiger partial charge on any atom is -0.490 e. The smallest absolute Gasteiger partial charge is 0.255 e. The molecular formula is C22H23N3O2. The molecule has 3 rings (SSSR count). The summed E-state index contributed by atoms with van der Waals surface area (Å²) in [6.45, 7) is 8.77. The second-order valence-electron chi connectivity index (χ2n) is 6.36. The highest BCUT2D eigenvalue weighted by atomic mass is 16.5. The zero-order chi connectivity index (χ0) is 19.2. The van der Waals surface area contributed by atoms with Gasteiger partial charge in [-0.25, -0.2) is 0 Å². The van der Waals surface area contributed by atoms with E-state index in [1.165, 1.54) is 0 Å². The van der Waals surface area contributed by atoms with Crippen molar-refractivity contribution >= 4 is 11.6 Å². The van der Waals surface area contributed by atoms with E-state index in [-0.39, 0.29) is 5.91 Å². The number of amides is 1. The molecule has 1 aromatic heterocycles. The van der Waals surface area contributed by atoms with Crippen molar-refractivity contribution in [2.24, 2.45) is 0 Å². The number of anilines is 1. The Bertz CT molecular complexity index is 925. The van der Waals surface area contributed by atoms with Gasteiger partial charge in [-0.1, -0.05) is 24.8 Å². The van der Waals surface area contributed by atoms with E-state index in [4.69, 9.17) is 4.74 Å². The largest absolute Gasteiger partial charge is 0.490 e. The number of carbonyl (C=O) groups excluding carboxylic acids is 1. The first-order chi connectivity index (χ1) is 13.0. The molecule has 1 heterocycles. The zero-order valence-corrected chi connectivity index (χ0v) is 15.6. The summed E-state index contributed by atoms with van der Waals surface area (Å²) in [4.78, 5) is 12.4. The predicted molar refractivity (Wildman–Crippen MR) is 107 cm³/mol. The number of hydrogen-bond donors (Lipinski definition) is 1. The standard InChI is InChI=1S/C22H23N3O2/c1-4-13-27-21-11-9-20(10-12-21)23-22(26)19-7-5-18(6-8-19)15-25-17(3)14-16(2)24-25/h4-12,14H,1,13,15H2,2-3H3,(H,23,26). The second-order valence-corrected chi connectivity index (χ2v) is 6.36. The summed E-state index contributed by atoms with van der Waals surface area (Å²) in [7, 11) is 0. The Morgan fingerprint density at radius 1 is 1.15 bits per heavy atom. The molecule has 0 saturated heterocycles. The summed E-state index contributed by atoms with van der Waals surface area (Å²) in [6, 6.07) is 16.9. The molecule has 5 heteroatoms. The van der Waals surface area contributed by atoms with Crippen LogP contribution in [0, 0.1) is 13.8 Å². The lowest BCUT2D eigenvalue weighted by Gasteiger charge is -2.08. The molecule has 5 nitrogen and oxygen atoms in total. The van der Waals surface area contributed by atoms with E-state index < -0.39 is 0 Å². The highest BCUT2D eigenvalue weighted by Gasteiger charge is 2.07. The predicted octanol–water partition coefficient (Wildman–Crippen LogP) is 4.37. The molecule has 2 aromatic carbocycles. The summed E-state index contributed by atoms with van der Waals surface area (Å²) in [5, 5.41) is 7.36. The third-order valence-electron chi connectivity index (χ3n) is 4.13. The van der Waals surface area contributed by atoms with Crippen LogP contribution >= 0.6 is 0 Å². The monoisotopic (exact) mass is 361 g/mol. The molecule has 0 spiro atoms. The summed E-state index contributed by atoms with van der Waals surface area (Å²) in [5.74, 6) is 0.592. The van der Waals surface area contributed by atoms with Crippen LogP contribution in [0.15, 0.2) is 67.3 Å². The van der Waals surface area contributed by atoms with Crippen LogP contribution in [0.25, 0.3) is 0 Å². The fourth-order valence-corrected chi connectivity index (χ4v) is 2.76. The number of hydrogen-bond acceptors (Lipinski definition) is 3. The van der Waals surface area contributed by atoms with Crippen LogP contribution in [0.5, 0.6) is 5.75 Å². The molecular weight excluding hydrogens is 338 g/mol. The SMILES string of the molecule is C=CCOc1ccc(NC(=O)c2ccc(Cn3nc(C)cc3C)cc2)cc1. The Morgan fingerprint density at radius 2 is 1.85 bits per heavy atom. The Balaban J connectivity index is 1.61. The molecule has 1 N–H and O–H groups in total. The molecule has 138 valence electrons. The van der Waals surface area contributed by atoms with Gasteiger partial charge in [0.05, 0.1) is 12.2 Å². The molecule has 0 unspecified atom stereocenters. The Hall–Kier alpha value is -3.34. The second kappa shape index (κ2) is 8.36. The summed E-state index contributed by atoms with van der Waals surface area (Å²) in [6.07, 6.45) is 1.69. The zero-order valence-electron chi connectivity index (χ0n) is 15.6. The molecule has 0 bridgehead atoms. The topological polar surface area (TPSA) is 56.1 Å². The van der Waals surface area contributed by atoms with E-state index >= 15 is 0 Å². The van der Waals surface area contributed by atoms with Crippen molar-refractivity contribution in [1.29, 1.82) is 0 Å². The number of ether oxygens (including phenoxy) is 1. The van der Waals surface area contributed by atoms with Crippen molar-refractivity contribution in [3.05, 3.63) is 89.8 Å². The van der Waals surface area contributed by atoms with Gasteiger partial charge in [-0.3, -0.25) is 9.48 Å². The van der Waals surface area contributed by atoms with Gasteiger partial charge in [-0.05, 0) is 61.9 Å². The molecule has 0 aliphatic heterocycles. The molecule has 0 saturated carbocycles. The lowest BCUT2D eigenvalue weighted by atomic mass is 10.1. The third kappa shape index (κ3) is 4.85. The lowest BCUT2D eigenvalue weighted by molar-refractivity contribution is 0.102. The van der Waals surface area contributed by atoms with E-state index in [1.807, 2.05) is 67.1 Å². The summed E-state index contributed by atoms with van der Waals surface area (Å²) < 4.78 is 7.39. The van der Waals surface area contributed by atoms with Gasteiger partial charge in [0.25, 0.3) is 5.91 Å². The highest BCUT2D eigenvalue weighted by molar-refractivity contribution is 6.04. The van der Waals surface area contributed by atoms with Crippen LogP contribution in [0.1, 0.15) is 27.3 Å². The molecule has 1 amide bonds. The summed E-state index contributed by atoms with van der Waals surface area (Å²) >= 11 is 0. The van der Waals surface area contributed by atoms with Crippen molar-refractivity contribution < 1.29 is 9.53 Å². The fourth-order valence-electron chi connectivity index (χ4n) is 2.76.